The number of carboxylic acid groups (broad SMARTS) is 1. The van der Waals surface area contributed by atoms with Crippen LogP contribution in [0.3, 0.4) is 0 Å². The van der Waals surface area contributed by atoms with Gasteiger partial charge in [0.05, 0.1) is 25.2 Å². The Bertz CT molecular complexity index is 413. The van der Waals surface area contributed by atoms with Crippen LogP contribution in [0.15, 0.2) is 11.4 Å². The van der Waals surface area contributed by atoms with Crippen LogP contribution < -0.4 is 0 Å². The standard InChI is InChI=1S/C10H12O6S/c1-16-8(12)3-6(11)9(13)7-2-5(4-17-7)10(14)15/h2,4,6,9,11,13H,3H2,1H3,(H,14,15). The predicted octanol–water partition coefficient (Wildman–Crippen LogP) is 0.404. The van der Waals surface area contributed by atoms with Crippen LogP contribution in [0.2, 0.25) is 0 Å². The van der Waals surface area contributed by atoms with Crippen LogP contribution >= 0.6 is 11.3 Å². The SMILES string of the molecule is COC(=O)CC(O)C(O)c1cc(C(=O)O)cs1. The van der Waals surface area contributed by atoms with E-state index >= 15 is 0 Å². The molecule has 0 aliphatic carbocycles. The number of aliphatic hydroxyl groups excluding tert-OH is 2. The highest BCUT2D eigenvalue weighted by Crippen LogP contribution is 2.26. The van der Waals surface area contributed by atoms with Crippen LogP contribution in [0, 0.1) is 0 Å². The summed E-state index contributed by atoms with van der Waals surface area (Å²) in [5, 5.41) is 29.3. The lowest BCUT2D eigenvalue weighted by Crippen LogP contribution is -2.21. The Balaban J connectivity index is 2.70. The van der Waals surface area contributed by atoms with Crippen LogP contribution in [0.1, 0.15) is 27.8 Å². The number of hydrogen-bond donors (Lipinski definition) is 3. The lowest BCUT2D eigenvalue weighted by Gasteiger charge is -2.14. The summed E-state index contributed by atoms with van der Waals surface area (Å²) in [4.78, 5) is 21.8. The molecule has 6 nitrogen and oxygen atoms in total. The Morgan fingerprint density at radius 2 is 2.12 bits per heavy atom. The van der Waals surface area contributed by atoms with Gasteiger partial charge in [-0.05, 0) is 6.07 Å². The third kappa shape index (κ3) is 3.52. The zero-order chi connectivity index (χ0) is 13.0. The van der Waals surface area contributed by atoms with Crippen LogP contribution in [0.25, 0.3) is 0 Å². The van der Waals surface area contributed by atoms with Crippen molar-refractivity contribution in [3.63, 3.8) is 0 Å². The molecule has 1 aromatic heterocycles. The van der Waals surface area contributed by atoms with Gasteiger partial charge in [0.25, 0.3) is 0 Å². The number of methoxy groups -OCH3 is 1. The smallest absolute Gasteiger partial charge is 0.336 e. The van der Waals surface area contributed by atoms with Crippen LogP contribution in [-0.4, -0.2) is 40.5 Å². The monoisotopic (exact) mass is 260 g/mol. The number of carboxylic acids is 1. The minimum Gasteiger partial charge on any atom is -0.478 e. The molecule has 0 saturated heterocycles. The topological polar surface area (TPSA) is 104 Å². The molecule has 2 atom stereocenters. The number of rotatable bonds is 5. The highest BCUT2D eigenvalue weighted by Gasteiger charge is 2.23. The van der Waals surface area contributed by atoms with E-state index in [9.17, 15) is 19.8 Å². The van der Waals surface area contributed by atoms with E-state index < -0.39 is 24.1 Å². The molecule has 0 saturated carbocycles. The quantitative estimate of drug-likeness (QED) is 0.662. The lowest BCUT2D eigenvalue weighted by atomic mass is 10.1. The van der Waals surface area contributed by atoms with Gasteiger partial charge in [0, 0.05) is 10.3 Å². The van der Waals surface area contributed by atoms with Crippen molar-refractivity contribution in [3.05, 3.63) is 21.9 Å². The first-order valence-electron chi connectivity index (χ1n) is 4.70. The number of aromatic carboxylic acids is 1. The lowest BCUT2D eigenvalue weighted by molar-refractivity contribution is -0.144. The van der Waals surface area contributed by atoms with Crippen molar-refractivity contribution in [2.75, 3.05) is 7.11 Å². The van der Waals surface area contributed by atoms with E-state index in [0.717, 1.165) is 11.3 Å². The summed E-state index contributed by atoms with van der Waals surface area (Å²) in [5.74, 6) is -1.76. The Kier molecular flexibility index (Phi) is 4.62. The number of carbonyl (C=O) groups is 2. The molecule has 0 amide bonds. The molecule has 0 aromatic carbocycles. The van der Waals surface area contributed by atoms with Gasteiger partial charge in [-0.25, -0.2) is 4.79 Å². The second kappa shape index (κ2) is 5.76. The predicted molar refractivity (Wildman–Crippen MR) is 58.9 cm³/mol. The van der Waals surface area contributed by atoms with E-state index in [4.69, 9.17) is 5.11 Å². The molecule has 0 aliphatic heterocycles. The highest BCUT2D eigenvalue weighted by molar-refractivity contribution is 7.10. The maximum absolute atomic E-state index is 10.9. The molecule has 7 heteroatoms. The summed E-state index contributed by atoms with van der Waals surface area (Å²) < 4.78 is 4.35. The molecule has 2 unspecified atom stereocenters. The summed E-state index contributed by atoms with van der Waals surface area (Å²) in [5.41, 5.74) is 0.0364. The summed E-state index contributed by atoms with van der Waals surface area (Å²) >= 11 is 1.01. The first-order valence-corrected chi connectivity index (χ1v) is 5.58. The summed E-state index contributed by atoms with van der Waals surface area (Å²) in [6.07, 6.45) is -2.97. The van der Waals surface area contributed by atoms with Crippen LogP contribution in [0.5, 0.6) is 0 Å². The molecule has 1 aromatic rings. The number of ether oxygens (including phenoxy) is 1. The number of hydrogen-bond acceptors (Lipinski definition) is 6. The van der Waals surface area contributed by atoms with E-state index in [1.54, 1.807) is 0 Å². The molecule has 0 spiro atoms. The Labute approximate surface area is 101 Å². The number of carbonyl (C=O) groups excluding carboxylic acids is 1. The Morgan fingerprint density at radius 3 is 2.59 bits per heavy atom. The second-order valence-electron chi connectivity index (χ2n) is 3.34. The van der Waals surface area contributed by atoms with Crippen LogP contribution in [0.4, 0.5) is 0 Å². The third-order valence-corrected chi connectivity index (χ3v) is 3.13. The largest absolute Gasteiger partial charge is 0.478 e. The Morgan fingerprint density at radius 1 is 1.47 bits per heavy atom. The fraction of sp³-hybridized carbons (Fsp3) is 0.400. The van der Waals surface area contributed by atoms with Gasteiger partial charge in [0.2, 0.25) is 0 Å². The maximum Gasteiger partial charge on any atom is 0.336 e. The zero-order valence-corrected chi connectivity index (χ0v) is 9.81. The van der Waals surface area contributed by atoms with Crippen molar-refractivity contribution in [1.29, 1.82) is 0 Å². The van der Waals surface area contributed by atoms with Gasteiger partial charge >= 0.3 is 11.9 Å². The molecule has 0 radical (unpaired) electrons. The molecular weight excluding hydrogens is 248 g/mol. The van der Waals surface area contributed by atoms with E-state index in [0.29, 0.717) is 4.88 Å². The van der Waals surface area contributed by atoms with Gasteiger partial charge in [-0.2, -0.15) is 0 Å². The van der Waals surface area contributed by atoms with Gasteiger partial charge in [0.1, 0.15) is 6.10 Å². The molecule has 17 heavy (non-hydrogen) atoms. The molecule has 94 valence electrons. The molecule has 1 heterocycles. The van der Waals surface area contributed by atoms with E-state index in [1.165, 1.54) is 18.6 Å². The number of thiophene rings is 1. The Hall–Kier alpha value is -1.44. The fourth-order valence-electron chi connectivity index (χ4n) is 1.18. The minimum atomic E-state index is -1.32. The minimum absolute atomic E-state index is 0.0364. The molecular formula is C10H12O6S. The first-order chi connectivity index (χ1) is 7.95. The summed E-state index contributed by atoms with van der Waals surface area (Å²) in [7, 11) is 1.18. The van der Waals surface area contributed by atoms with Crippen molar-refractivity contribution in [2.24, 2.45) is 0 Å². The maximum atomic E-state index is 10.9. The van der Waals surface area contributed by atoms with Crippen LogP contribution in [-0.2, 0) is 9.53 Å². The van der Waals surface area contributed by atoms with Gasteiger partial charge in [-0.3, -0.25) is 4.79 Å². The average molecular weight is 260 g/mol. The summed E-state index contributed by atoms with van der Waals surface area (Å²) in [6, 6.07) is 1.26. The molecule has 0 bridgehead atoms. The van der Waals surface area contributed by atoms with E-state index in [-0.39, 0.29) is 12.0 Å². The average Bonchev–Trinajstić information content (AvgIpc) is 2.77. The summed E-state index contributed by atoms with van der Waals surface area (Å²) in [6.45, 7) is 0. The molecule has 3 N–H and O–H groups in total. The van der Waals surface area contributed by atoms with E-state index in [1.807, 2.05) is 0 Å². The number of aliphatic hydroxyl groups is 2. The van der Waals surface area contributed by atoms with Gasteiger partial charge < -0.3 is 20.1 Å². The van der Waals surface area contributed by atoms with E-state index in [2.05, 4.69) is 4.74 Å². The molecule has 0 aliphatic rings. The molecule has 1 rings (SSSR count). The normalized spacial score (nSPS) is 14.1. The van der Waals surface area contributed by atoms with Crippen molar-refractivity contribution < 1.29 is 29.6 Å². The number of esters is 1. The first kappa shape index (κ1) is 13.6. The van der Waals surface area contributed by atoms with Crippen molar-refractivity contribution in [1.82, 2.24) is 0 Å². The van der Waals surface area contributed by atoms with Crippen molar-refractivity contribution >= 4 is 23.3 Å². The molecule has 0 fully saturated rings. The van der Waals surface area contributed by atoms with Crippen molar-refractivity contribution in [2.45, 2.75) is 18.6 Å². The zero-order valence-electron chi connectivity index (χ0n) is 8.99. The van der Waals surface area contributed by atoms with Gasteiger partial charge in [-0.15, -0.1) is 11.3 Å². The fourth-order valence-corrected chi connectivity index (χ4v) is 2.10. The van der Waals surface area contributed by atoms with Gasteiger partial charge in [0.15, 0.2) is 0 Å². The third-order valence-electron chi connectivity index (χ3n) is 2.13. The van der Waals surface area contributed by atoms with Gasteiger partial charge in [-0.1, -0.05) is 0 Å². The van der Waals surface area contributed by atoms with Crippen molar-refractivity contribution in [3.8, 4) is 0 Å². The second-order valence-corrected chi connectivity index (χ2v) is 4.28. The highest BCUT2D eigenvalue weighted by atomic mass is 32.1.